The maximum Gasteiger partial charge on any atom is 0.137 e. The molecule has 1 aliphatic rings. The molecule has 0 bridgehead atoms. The van der Waals surface area contributed by atoms with Crippen LogP contribution in [0.3, 0.4) is 0 Å². The predicted octanol–water partition coefficient (Wildman–Crippen LogP) is 3.57. The first-order valence-electron chi connectivity index (χ1n) is 7.33. The summed E-state index contributed by atoms with van der Waals surface area (Å²) in [5.74, 6) is 1.53. The Morgan fingerprint density at radius 3 is 2.84 bits per heavy atom. The van der Waals surface area contributed by atoms with Gasteiger partial charge in [0.15, 0.2) is 0 Å². The lowest BCUT2D eigenvalue weighted by Crippen LogP contribution is -2.32. The van der Waals surface area contributed by atoms with Crippen LogP contribution < -0.4 is 10.1 Å². The van der Waals surface area contributed by atoms with Crippen molar-refractivity contribution in [2.24, 2.45) is 11.3 Å². The SMILES string of the molecule is CCOc1cncc(C(NC)C2CCCC2(C)C)c1. The number of ether oxygens (including phenoxy) is 1. The molecule has 1 aromatic rings. The van der Waals surface area contributed by atoms with Crippen molar-refractivity contribution in [3.05, 3.63) is 24.0 Å². The maximum absolute atomic E-state index is 5.57. The average molecular weight is 262 g/mol. The summed E-state index contributed by atoms with van der Waals surface area (Å²) in [6, 6.07) is 2.50. The first-order valence-corrected chi connectivity index (χ1v) is 7.33. The molecule has 3 heteroatoms. The summed E-state index contributed by atoms with van der Waals surface area (Å²) in [7, 11) is 2.05. The number of rotatable bonds is 5. The highest BCUT2D eigenvalue weighted by Crippen LogP contribution is 2.48. The molecular weight excluding hydrogens is 236 g/mol. The molecule has 0 spiro atoms. The highest BCUT2D eigenvalue weighted by Gasteiger charge is 2.39. The third-order valence-corrected chi connectivity index (χ3v) is 4.46. The van der Waals surface area contributed by atoms with Crippen LogP contribution in [-0.4, -0.2) is 18.6 Å². The van der Waals surface area contributed by atoms with E-state index in [1.807, 2.05) is 20.2 Å². The zero-order valence-electron chi connectivity index (χ0n) is 12.6. The van der Waals surface area contributed by atoms with Crippen molar-refractivity contribution in [1.82, 2.24) is 10.3 Å². The molecular formula is C16H26N2O. The molecule has 1 fully saturated rings. The standard InChI is InChI=1S/C16H26N2O/c1-5-19-13-9-12(10-18-11-13)15(17-4)14-7-6-8-16(14,2)3/h9-11,14-15,17H,5-8H2,1-4H3. The van der Waals surface area contributed by atoms with Crippen LogP contribution in [0.4, 0.5) is 0 Å². The fourth-order valence-electron chi connectivity index (χ4n) is 3.42. The second-order valence-corrected chi connectivity index (χ2v) is 6.14. The van der Waals surface area contributed by atoms with Crippen LogP contribution in [0.25, 0.3) is 0 Å². The first-order chi connectivity index (χ1) is 9.08. The van der Waals surface area contributed by atoms with E-state index in [9.17, 15) is 0 Å². The molecule has 2 unspecified atom stereocenters. The smallest absolute Gasteiger partial charge is 0.137 e. The minimum Gasteiger partial charge on any atom is -0.492 e. The van der Waals surface area contributed by atoms with Gasteiger partial charge in [0.2, 0.25) is 0 Å². The molecule has 19 heavy (non-hydrogen) atoms. The predicted molar refractivity (Wildman–Crippen MR) is 78.3 cm³/mol. The Morgan fingerprint density at radius 2 is 2.26 bits per heavy atom. The van der Waals surface area contributed by atoms with E-state index in [1.165, 1.54) is 24.8 Å². The summed E-state index contributed by atoms with van der Waals surface area (Å²) < 4.78 is 5.57. The minimum absolute atomic E-state index is 0.366. The van der Waals surface area contributed by atoms with E-state index in [0.29, 0.717) is 24.0 Å². The van der Waals surface area contributed by atoms with Gasteiger partial charge in [-0.05, 0) is 49.8 Å². The summed E-state index contributed by atoms with van der Waals surface area (Å²) in [5, 5.41) is 3.49. The molecule has 2 rings (SSSR count). The second-order valence-electron chi connectivity index (χ2n) is 6.14. The Morgan fingerprint density at radius 1 is 1.47 bits per heavy atom. The fraction of sp³-hybridized carbons (Fsp3) is 0.688. The number of nitrogens with zero attached hydrogens (tertiary/aromatic N) is 1. The van der Waals surface area contributed by atoms with Crippen LogP contribution in [0.5, 0.6) is 5.75 Å². The summed E-state index contributed by atoms with van der Waals surface area (Å²) in [6.07, 6.45) is 7.69. The maximum atomic E-state index is 5.57. The van der Waals surface area contributed by atoms with Crippen LogP contribution in [0.2, 0.25) is 0 Å². The lowest BCUT2D eigenvalue weighted by molar-refractivity contribution is 0.203. The molecule has 3 nitrogen and oxygen atoms in total. The molecule has 1 heterocycles. The van der Waals surface area contributed by atoms with Crippen molar-refractivity contribution in [1.29, 1.82) is 0 Å². The van der Waals surface area contributed by atoms with E-state index in [1.54, 1.807) is 6.20 Å². The fourth-order valence-corrected chi connectivity index (χ4v) is 3.42. The van der Waals surface area contributed by atoms with Gasteiger partial charge in [-0.3, -0.25) is 4.98 Å². The van der Waals surface area contributed by atoms with Gasteiger partial charge in [-0.25, -0.2) is 0 Å². The quantitative estimate of drug-likeness (QED) is 0.881. The van der Waals surface area contributed by atoms with Crippen LogP contribution in [0.15, 0.2) is 18.5 Å². The van der Waals surface area contributed by atoms with E-state index in [2.05, 4.69) is 30.2 Å². The molecule has 106 valence electrons. The monoisotopic (exact) mass is 262 g/mol. The number of aromatic nitrogens is 1. The minimum atomic E-state index is 0.366. The van der Waals surface area contributed by atoms with Crippen molar-refractivity contribution < 1.29 is 4.74 Å². The first kappa shape index (κ1) is 14.3. The molecule has 1 aliphatic carbocycles. The number of hydrogen-bond acceptors (Lipinski definition) is 3. The number of hydrogen-bond donors (Lipinski definition) is 1. The van der Waals surface area contributed by atoms with Crippen molar-refractivity contribution >= 4 is 0 Å². The Kier molecular flexibility index (Phi) is 4.46. The topological polar surface area (TPSA) is 34.1 Å². The van der Waals surface area contributed by atoms with Gasteiger partial charge in [0.05, 0.1) is 12.8 Å². The van der Waals surface area contributed by atoms with Gasteiger partial charge < -0.3 is 10.1 Å². The summed E-state index contributed by atoms with van der Waals surface area (Å²) in [6.45, 7) is 7.45. The molecule has 0 aromatic carbocycles. The molecule has 0 saturated heterocycles. The lowest BCUT2D eigenvalue weighted by Gasteiger charge is -2.34. The third-order valence-electron chi connectivity index (χ3n) is 4.46. The third kappa shape index (κ3) is 3.08. The van der Waals surface area contributed by atoms with Crippen LogP contribution in [0, 0.1) is 11.3 Å². The van der Waals surface area contributed by atoms with Gasteiger partial charge in [0, 0.05) is 12.2 Å². The van der Waals surface area contributed by atoms with E-state index < -0.39 is 0 Å². The van der Waals surface area contributed by atoms with Crippen LogP contribution >= 0.6 is 0 Å². The van der Waals surface area contributed by atoms with Crippen LogP contribution in [-0.2, 0) is 0 Å². The molecule has 0 amide bonds. The Balaban J connectivity index is 2.24. The highest BCUT2D eigenvalue weighted by molar-refractivity contribution is 5.27. The number of nitrogens with one attached hydrogen (secondary N) is 1. The summed E-state index contributed by atoms with van der Waals surface area (Å²) >= 11 is 0. The Labute approximate surface area is 116 Å². The van der Waals surface area contributed by atoms with E-state index >= 15 is 0 Å². The van der Waals surface area contributed by atoms with Gasteiger partial charge in [-0.2, -0.15) is 0 Å². The van der Waals surface area contributed by atoms with Crippen molar-refractivity contribution in [2.45, 2.75) is 46.1 Å². The lowest BCUT2D eigenvalue weighted by atomic mass is 9.76. The van der Waals surface area contributed by atoms with E-state index in [-0.39, 0.29) is 0 Å². The zero-order valence-corrected chi connectivity index (χ0v) is 12.6. The van der Waals surface area contributed by atoms with Gasteiger partial charge >= 0.3 is 0 Å². The molecule has 1 saturated carbocycles. The van der Waals surface area contributed by atoms with Crippen molar-refractivity contribution in [3.8, 4) is 5.75 Å². The molecule has 0 aliphatic heterocycles. The van der Waals surface area contributed by atoms with Gasteiger partial charge in [0.25, 0.3) is 0 Å². The van der Waals surface area contributed by atoms with Crippen molar-refractivity contribution in [3.63, 3.8) is 0 Å². The Hall–Kier alpha value is -1.09. The summed E-state index contributed by atoms with van der Waals surface area (Å²) in [5.41, 5.74) is 1.64. The van der Waals surface area contributed by atoms with Gasteiger partial charge in [-0.15, -0.1) is 0 Å². The second kappa shape index (κ2) is 5.91. The molecule has 1 aromatic heterocycles. The molecule has 2 atom stereocenters. The molecule has 0 radical (unpaired) electrons. The summed E-state index contributed by atoms with van der Waals surface area (Å²) in [4.78, 5) is 4.33. The average Bonchev–Trinajstić information content (AvgIpc) is 2.72. The zero-order chi connectivity index (χ0) is 13.9. The number of pyridine rings is 1. The normalized spacial score (nSPS) is 23.3. The highest BCUT2D eigenvalue weighted by atomic mass is 16.5. The van der Waals surface area contributed by atoms with Crippen LogP contribution in [0.1, 0.15) is 51.6 Å². The van der Waals surface area contributed by atoms with E-state index in [4.69, 9.17) is 4.74 Å². The van der Waals surface area contributed by atoms with Crippen molar-refractivity contribution in [2.75, 3.05) is 13.7 Å². The van der Waals surface area contributed by atoms with Gasteiger partial charge in [-0.1, -0.05) is 20.3 Å². The largest absolute Gasteiger partial charge is 0.492 e. The molecule has 1 N–H and O–H groups in total. The van der Waals surface area contributed by atoms with E-state index in [0.717, 1.165) is 5.75 Å². The van der Waals surface area contributed by atoms with Gasteiger partial charge in [0.1, 0.15) is 5.75 Å². The Bertz CT molecular complexity index is 417.